The van der Waals surface area contributed by atoms with Gasteiger partial charge in [0.05, 0.1) is 43.7 Å². The number of fused-ring (bicyclic) bond motifs is 4. The summed E-state index contributed by atoms with van der Waals surface area (Å²) >= 11 is 0.707. The molecule has 9 rings (SSSR count). The number of imidazole rings is 2. The summed E-state index contributed by atoms with van der Waals surface area (Å²) in [5, 5.41) is 0. The molecule has 64 heavy (non-hydrogen) atoms. The monoisotopic (exact) mass is 941 g/mol. The summed E-state index contributed by atoms with van der Waals surface area (Å²) in [5.41, 5.74) is 14.0. The number of nitrogens with zero attached hydrogens (tertiary/aromatic N) is 7. The molecule has 4 aromatic heterocycles. The molecule has 0 radical (unpaired) electrons. The van der Waals surface area contributed by atoms with E-state index in [1.807, 2.05) is 6.92 Å². The van der Waals surface area contributed by atoms with Crippen molar-refractivity contribution >= 4 is 73.0 Å². The van der Waals surface area contributed by atoms with Gasteiger partial charge >= 0.3 is 12.8 Å². The summed E-state index contributed by atoms with van der Waals surface area (Å²) in [6.07, 6.45) is -7.04. The van der Waals surface area contributed by atoms with Crippen molar-refractivity contribution in [3.05, 3.63) is 90.9 Å². The second-order valence-corrected chi connectivity index (χ2v) is 21.0. The first-order chi connectivity index (χ1) is 30.8. The number of hydrogen-bond acceptors (Lipinski definition) is 19. The van der Waals surface area contributed by atoms with Crippen molar-refractivity contribution in [3.63, 3.8) is 0 Å². The van der Waals surface area contributed by atoms with Gasteiger partial charge in [-0.1, -0.05) is 19.1 Å². The highest BCUT2D eigenvalue weighted by Gasteiger charge is 2.54. The number of aromatic nitrogens is 7. The van der Waals surface area contributed by atoms with E-state index < -0.39 is 82.7 Å². The Kier molecular flexibility index (Phi) is 12.5. The fourth-order valence-corrected chi connectivity index (χ4v) is 11.9. The van der Waals surface area contributed by atoms with Crippen molar-refractivity contribution < 1.29 is 59.7 Å². The standard InChI is InChI=1S/C38H40BF2N9O11P2S/c1-2-13-54-22-9-5-21(6-10-22)38(51)57-23-7-3-20(4-8-23)16-64-63(53)56-15-26-31(27(40)36(59-26)50-19-48-30-33(43)45-17-46-35(30)50)60-62(39,52)55-14-25-32(61-63)28(41)37(58-25)49-18-47-29-24(42)11-12-44-34(29)49/h3-12,17-19,25-28,31-32,36-37H,2,13-16,39H2,1H3,(H2,42,44)(H2,43,45,46)/t25-,26-,27-,28-,31-,32-,36-,37-,62-,63-/m1/s1. The number of halogens is 2. The summed E-state index contributed by atoms with van der Waals surface area (Å²) < 4.78 is 112. The molecule has 3 fully saturated rings. The summed E-state index contributed by atoms with van der Waals surface area (Å²) in [6, 6.07) is 14.5. The highest BCUT2D eigenvalue weighted by Crippen LogP contribution is 2.65. The van der Waals surface area contributed by atoms with Crippen molar-refractivity contribution in [2.45, 2.75) is 68.3 Å². The van der Waals surface area contributed by atoms with Crippen LogP contribution in [0.2, 0.25) is 0 Å². The summed E-state index contributed by atoms with van der Waals surface area (Å²) in [6.45, 7) is -3.23. The van der Waals surface area contributed by atoms with E-state index >= 15 is 8.78 Å². The maximum atomic E-state index is 16.9. The zero-order valence-corrected chi connectivity index (χ0v) is 36.6. The molecule has 0 bridgehead atoms. The Bertz CT molecular complexity index is 2760. The predicted octanol–water partition coefficient (Wildman–Crippen LogP) is 5.51. The summed E-state index contributed by atoms with van der Waals surface area (Å²) in [5.74, 6) is 0.299. The zero-order chi connectivity index (χ0) is 44.8. The minimum atomic E-state index is -4.51. The van der Waals surface area contributed by atoms with Crippen molar-refractivity contribution in [1.82, 2.24) is 34.1 Å². The van der Waals surface area contributed by atoms with Gasteiger partial charge in [0.1, 0.15) is 53.3 Å². The van der Waals surface area contributed by atoms with Gasteiger partial charge in [-0.3, -0.25) is 22.7 Å². The fourth-order valence-electron chi connectivity index (χ4n) is 7.30. The van der Waals surface area contributed by atoms with E-state index in [2.05, 4.69) is 24.9 Å². The minimum Gasteiger partial charge on any atom is -0.494 e. The van der Waals surface area contributed by atoms with Crippen LogP contribution in [0.5, 0.6) is 11.5 Å². The van der Waals surface area contributed by atoms with Gasteiger partial charge in [-0.25, -0.2) is 43.1 Å². The van der Waals surface area contributed by atoms with E-state index in [4.69, 9.17) is 48.5 Å². The topological polar surface area (TPSA) is 251 Å². The van der Waals surface area contributed by atoms with Crippen LogP contribution in [0.1, 0.15) is 41.7 Å². The third-order valence-electron chi connectivity index (χ3n) is 10.5. The Hall–Kier alpha value is -5.03. The van der Waals surface area contributed by atoms with Crippen LogP contribution in [0, 0.1) is 0 Å². The van der Waals surface area contributed by atoms with Gasteiger partial charge in [-0.2, -0.15) is 0 Å². The van der Waals surface area contributed by atoms with Gasteiger partial charge in [-0.15, -0.1) is 0 Å². The fraction of sp³-hybridized carbons (Fsp3) is 0.368. The van der Waals surface area contributed by atoms with E-state index in [1.165, 1.54) is 40.4 Å². The lowest BCUT2D eigenvalue weighted by molar-refractivity contribution is -0.0546. The molecule has 3 saturated heterocycles. The molecule has 20 nitrogen and oxygen atoms in total. The molecule has 0 spiro atoms. The van der Waals surface area contributed by atoms with Gasteiger partial charge in [0, 0.05) is 11.9 Å². The van der Waals surface area contributed by atoms with Crippen LogP contribution in [0.25, 0.3) is 22.3 Å². The third kappa shape index (κ3) is 8.98. The van der Waals surface area contributed by atoms with Crippen molar-refractivity contribution in [2.75, 3.05) is 31.3 Å². The molecule has 10 atom stereocenters. The predicted molar refractivity (Wildman–Crippen MR) is 230 cm³/mol. The Balaban J connectivity index is 0.975. The first-order valence-electron chi connectivity index (χ1n) is 19.9. The van der Waals surface area contributed by atoms with Crippen molar-refractivity contribution in [1.29, 1.82) is 0 Å². The lowest BCUT2D eigenvalue weighted by atomic mass is 10.1. The minimum absolute atomic E-state index is 0.0265. The molecule has 3 aliphatic rings. The number of ether oxygens (including phenoxy) is 4. The highest BCUT2D eigenvalue weighted by molar-refractivity contribution is 8.54. The molecule has 0 aliphatic carbocycles. The normalized spacial score (nSPS) is 29.7. The van der Waals surface area contributed by atoms with E-state index in [-0.39, 0.29) is 45.3 Å². The Morgan fingerprint density at radius 3 is 2.14 bits per heavy atom. The first kappa shape index (κ1) is 44.2. The lowest BCUT2D eigenvalue weighted by Crippen LogP contribution is -2.37. The molecule has 2 aromatic carbocycles. The number of alkyl halides is 2. The van der Waals surface area contributed by atoms with Crippen LogP contribution < -0.4 is 20.9 Å². The average Bonchev–Trinajstić information content (AvgIpc) is 4.06. The van der Waals surface area contributed by atoms with E-state index in [9.17, 15) is 13.9 Å². The van der Waals surface area contributed by atoms with Gasteiger partial charge in [0.25, 0.3) is 15.0 Å². The second kappa shape index (κ2) is 18.1. The zero-order valence-electron chi connectivity index (χ0n) is 34.0. The smallest absolute Gasteiger partial charge is 0.389 e. The van der Waals surface area contributed by atoms with Crippen LogP contribution in [-0.2, 0) is 42.5 Å². The number of nitrogens with two attached hydrogens (primary N) is 2. The van der Waals surface area contributed by atoms with Crippen molar-refractivity contribution in [2.24, 2.45) is 0 Å². The van der Waals surface area contributed by atoms with Crippen LogP contribution in [0.3, 0.4) is 0 Å². The Labute approximate surface area is 367 Å². The summed E-state index contributed by atoms with van der Waals surface area (Å²) in [4.78, 5) is 33.7. The van der Waals surface area contributed by atoms with Crippen molar-refractivity contribution in [3.8, 4) is 11.5 Å². The molecular formula is C38H40BF2N9O11P2S. The molecular weight excluding hydrogens is 901 g/mol. The Morgan fingerprint density at radius 1 is 0.828 bits per heavy atom. The number of hydrogen-bond donors (Lipinski definition) is 2. The molecule has 7 heterocycles. The number of nitrogen functional groups attached to an aromatic ring is 2. The average molecular weight is 942 g/mol. The number of anilines is 2. The van der Waals surface area contributed by atoms with Gasteiger partial charge in [0.15, 0.2) is 41.9 Å². The van der Waals surface area contributed by atoms with Crippen LogP contribution in [0.4, 0.5) is 20.3 Å². The SMILES string of the molecule is B[P@@]1(=O)OC[C@H]2O[C@@H](n3cnc4c(N)ccnc43)[C@H](F)[C@@H]2O[P@](=O)(SCc2ccc(OC(=O)c3ccc(OCCC)cc3)cc2)OC[C@H]2O[C@@H](n3cnc4c(N)ncnc43)[C@H](F)[C@@H]2O1. The second-order valence-electron chi connectivity index (χ2n) is 15.0. The van der Waals surface area contributed by atoms with Crippen LogP contribution in [0.15, 0.2) is 79.8 Å². The molecule has 4 N–H and O–H groups in total. The number of carbonyl (C=O) groups is 1. The highest BCUT2D eigenvalue weighted by atomic mass is 32.7. The van der Waals surface area contributed by atoms with E-state index in [1.54, 1.807) is 48.5 Å². The van der Waals surface area contributed by atoms with Crippen LogP contribution in [-0.4, -0.2) is 104 Å². The maximum absolute atomic E-state index is 16.9. The molecule has 0 amide bonds. The van der Waals surface area contributed by atoms with Gasteiger partial charge in [0.2, 0.25) is 0 Å². The Morgan fingerprint density at radius 2 is 1.45 bits per heavy atom. The number of benzene rings is 2. The quantitative estimate of drug-likeness (QED) is 0.0743. The molecule has 3 aliphatic heterocycles. The third-order valence-corrected chi connectivity index (χ3v) is 15.4. The summed E-state index contributed by atoms with van der Waals surface area (Å²) in [7, 11) is -3.06. The van der Waals surface area contributed by atoms with Crippen LogP contribution >= 0.6 is 25.7 Å². The number of esters is 1. The van der Waals surface area contributed by atoms with E-state index in [0.29, 0.717) is 34.9 Å². The van der Waals surface area contributed by atoms with Gasteiger partial charge in [-0.05, 0) is 65.8 Å². The van der Waals surface area contributed by atoms with E-state index in [0.717, 1.165) is 14.0 Å². The lowest BCUT2D eigenvalue weighted by Gasteiger charge is -2.30. The number of rotatable bonds is 10. The molecule has 26 heteroatoms. The number of pyridine rings is 1. The maximum Gasteiger partial charge on any atom is 0.389 e. The number of carbonyl (C=O) groups excluding carboxylic acids is 1. The largest absolute Gasteiger partial charge is 0.494 e. The molecule has 0 unspecified atom stereocenters. The molecule has 336 valence electrons. The molecule has 0 saturated carbocycles. The first-order valence-corrected chi connectivity index (χ1v) is 25.0. The van der Waals surface area contributed by atoms with Gasteiger partial charge < -0.3 is 39.5 Å². The molecule has 6 aromatic rings.